The van der Waals surface area contributed by atoms with Crippen molar-refractivity contribution < 1.29 is 4.92 Å². The van der Waals surface area contributed by atoms with Crippen LogP contribution in [0.25, 0.3) is 0 Å². The molecule has 5 heteroatoms. The van der Waals surface area contributed by atoms with Gasteiger partial charge in [0.25, 0.3) is 5.69 Å². The third-order valence-corrected chi connectivity index (χ3v) is 5.24. The molecule has 3 nitrogen and oxygen atoms in total. The summed E-state index contributed by atoms with van der Waals surface area (Å²) in [6, 6.07) is 5.03. The molecule has 92 valence electrons. The molecular formula is C12H13Br2NO2. The molecule has 17 heavy (non-hydrogen) atoms. The van der Waals surface area contributed by atoms with Crippen molar-refractivity contribution in [1.29, 1.82) is 0 Å². The number of benzene rings is 1. The molecule has 1 saturated carbocycles. The van der Waals surface area contributed by atoms with Crippen molar-refractivity contribution >= 4 is 37.5 Å². The summed E-state index contributed by atoms with van der Waals surface area (Å²) in [5.41, 5.74) is 1.30. The third kappa shape index (κ3) is 3.07. The van der Waals surface area contributed by atoms with Crippen LogP contribution in [-0.2, 0) is 6.42 Å². The van der Waals surface area contributed by atoms with Gasteiger partial charge in [0.15, 0.2) is 0 Å². The van der Waals surface area contributed by atoms with E-state index in [4.69, 9.17) is 0 Å². The molecule has 1 aliphatic rings. The average molecular weight is 363 g/mol. The van der Waals surface area contributed by atoms with Crippen LogP contribution >= 0.6 is 31.9 Å². The SMILES string of the molecule is O=[N+]([O-])c1ccc(CC2CCCC2Br)c(Br)c1. The summed E-state index contributed by atoms with van der Waals surface area (Å²) in [4.78, 5) is 10.9. The second kappa shape index (κ2) is 5.48. The minimum Gasteiger partial charge on any atom is -0.258 e. The lowest BCUT2D eigenvalue weighted by Gasteiger charge is -2.14. The fourth-order valence-corrected chi connectivity index (χ4v) is 3.62. The molecule has 0 radical (unpaired) electrons. The number of nitro benzene ring substituents is 1. The number of hydrogen-bond acceptors (Lipinski definition) is 2. The molecule has 0 amide bonds. The van der Waals surface area contributed by atoms with Crippen molar-refractivity contribution in [3.63, 3.8) is 0 Å². The maximum Gasteiger partial charge on any atom is 0.270 e. The maximum absolute atomic E-state index is 10.6. The fraction of sp³-hybridized carbons (Fsp3) is 0.500. The Morgan fingerprint density at radius 3 is 2.71 bits per heavy atom. The van der Waals surface area contributed by atoms with Gasteiger partial charge in [0.05, 0.1) is 4.92 Å². The Morgan fingerprint density at radius 1 is 1.41 bits per heavy atom. The molecular weight excluding hydrogens is 350 g/mol. The van der Waals surface area contributed by atoms with Crippen LogP contribution in [0.2, 0.25) is 0 Å². The number of rotatable bonds is 3. The summed E-state index contributed by atoms with van der Waals surface area (Å²) >= 11 is 7.12. The zero-order valence-corrected chi connectivity index (χ0v) is 12.4. The Labute approximate surface area is 117 Å². The van der Waals surface area contributed by atoms with Crippen LogP contribution < -0.4 is 0 Å². The Kier molecular flexibility index (Phi) is 4.20. The molecule has 2 rings (SSSR count). The first-order chi connectivity index (χ1) is 8.08. The van der Waals surface area contributed by atoms with Crippen molar-refractivity contribution in [1.82, 2.24) is 0 Å². The van der Waals surface area contributed by atoms with E-state index in [1.165, 1.54) is 19.3 Å². The molecule has 1 aromatic rings. The van der Waals surface area contributed by atoms with E-state index in [1.807, 2.05) is 6.07 Å². The largest absolute Gasteiger partial charge is 0.270 e. The number of hydrogen-bond donors (Lipinski definition) is 0. The van der Waals surface area contributed by atoms with Gasteiger partial charge in [0, 0.05) is 21.4 Å². The number of nitro groups is 1. The van der Waals surface area contributed by atoms with Crippen molar-refractivity contribution in [3.05, 3.63) is 38.3 Å². The van der Waals surface area contributed by atoms with Gasteiger partial charge < -0.3 is 0 Å². The normalized spacial score (nSPS) is 23.9. The monoisotopic (exact) mass is 361 g/mol. The number of non-ortho nitro benzene ring substituents is 1. The topological polar surface area (TPSA) is 43.1 Å². The zero-order valence-electron chi connectivity index (χ0n) is 9.23. The fourth-order valence-electron chi connectivity index (χ4n) is 2.32. The highest BCUT2D eigenvalue weighted by Gasteiger charge is 2.25. The minimum absolute atomic E-state index is 0.141. The van der Waals surface area contributed by atoms with E-state index < -0.39 is 0 Å². The molecule has 2 atom stereocenters. The first kappa shape index (κ1) is 13.0. The van der Waals surface area contributed by atoms with Crippen molar-refractivity contribution in [3.8, 4) is 0 Å². The van der Waals surface area contributed by atoms with Crippen molar-refractivity contribution in [2.45, 2.75) is 30.5 Å². The predicted molar refractivity (Wildman–Crippen MR) is 74.6 cm³/mol. The van der Waals surface area contributed by atoms with E-state index in [-0.39, 0.29) is 10.6 Å². The predicted octanol–water partition coefficient (Wildman–Crippen LogP) is 4.46. The molecule has 0 saturated heterocycles. The van der Waals surface area contributed by atoms with Crippen LogP contribution in [0.15, 0.2) is 22.7 Å². The van der Waals surface area contributed by atoms with Gasteiger partial charge in [-0.15, -0.1) is 0 Å². The minimum atomic E-state index is -0.364. The molecule has 1 aromatic carbocycles. The lowest BCUT2D eigenvalue weighted by molar-refractivity contribution is -0.384. The van der Waals surface area contributed by atoms with Crippen LogP contribution in [0.3, 0.4) is 0 Å². The molecule has 1 fully saturated rings. The summed E-state index contributed by atoms with van der Waals surface area (Å²) < 4.78 is 0.846. The Morgan fingerprint density at radius 2 is 2.18 bits per heavy atom. The number of halogens is 2. The van der Waals surface area contributed by atoms with E-state index in [2.05, 4.69) is 31.9 Å². The second-order valence-corrected chi connectivity index (χ2v) is 6.47. The van der Waals surface area contributed by atoms with Crippen molar-refractivity contribution in [2.24, 2.45) is 5.92 Å². The molecule has 0 bridgehead atoms. The molecule has 0 heterocycles. The van der Waals surface area contributed by atoms with Gasteiger partial charge in [-0.3, -0.25) is 10.1 Å². The van der Waals surface area contributed by atoms with Crippen LogP contribution in [-0.4, -0.2) is 9.75 Å². The highest BCUT2D eigenvalue weighted by Crippen LogP contribution is 2.35. The highest BCUT2D eigenvalue weighted by atomic mass is 79.9. The van der Waals surface area contributed by atoms with Crippen LogP contribution in [0, 0.1) is 16.0 Å². The van der Waals surface area contributed by atoms with E-state index in [0.29, 0.717) is 10.7 Å². The quantitative estimate of drug-likeness (QED) is 0.452. The summed E-state index contributed by atoms with van der Waals surface area (Å²) in [7, 11) is 0. The van der Waals surface area contributed by atoms with E-state index in [1.54, 1.807) is 12.1 Å². The average Bonchev–Trinajstić information content (AvgIpc) is 2.67. The van der Waals surface area contributed by atoms with Gasteiger partial charge in [0.2, 0.25) is 0 Å². The van der Waals surface area contributed by atoms with Gasteiger partial charge in [-0.05, 0) is 30.7 Å². The van der Waals surface area contributed by atoms with Gasteiger partial charge in [0.1, 0.15) is 0 Å². The lowest BCUT2D eigenvalue weighted by atomic mass is 9.98. The Bertz CT molecular complexity index is 437. The van der Waals surface area contributed by atoms with Gasteiger partial charge >= 0.3 is 0 Å². The summed E-state index contributed by atoms with van der Waals surface area (Å²) in [6.45, 7) is 0. The van der Waals surface area contributed by atoms with Gasteiger partial charge in [-0.1, -0.05) is 44.3 Å². The Hall–Kier alpha value is -0.420. The first-order valence-electron chi connectivity index (χ1n) is 5.65. The zero-order chi connectivity index (χ0) is 12.4. The van der Waals surface area contributed by atoms with E-state index in [9.17, 15) is 10.1 Å². The summed E-state index contributed by atoms with van der Waals surface area (Å²) in [5.74, 6) is 0.646. The third-order valence-electron chi connectivity index (χ3n) is 3.30. The smallest absolute Gasteiger partial charge is 0.258 e. The number of nitrogens with zero attached hydrogens (tertiary/aromatic N) is 1. The summed E-state index contributed by atoms with van der Waals surface area (Å²) in [6.07, 6.45) is 4.72. The van der Waals surface area contributed by atoms with Crippen LogP contribution in [0.1, 0.15) is 24.8 Å². The molecule has 0 spiro atoms. The summed E-state index contributed by atoms with van der Waals surface area (Å²) in [5, 5.41) is 10.6. The first-order valence-corrected chi connectivity index (χ1v) is 7.35. The Balaban J connectivity index is 2.14. The molecule has 0 aromatic heterocycles. The van der Waals surface area contributed by atoms with Crippen LogP contribution in [0.4, 0.5) is 5.69 Å². The molecule has 1 aliphatic carbocycles. The van der Waals surface area contributed by atoms with E-state index in [0.717, 1.165) is 16.5 Å². The van der Waals surface area contributed by atoms with E-state index >= 15 is 0 Å². The molecule has 0 N–H and O–H groups in total. The van der Waals surface area contributed by atoms with Crippen LogP contribution in [0.5, 0.6) is 0 Å². The second-order valence-electron chi connectivity index (χ2n) is 4.44. The van der Waals surface area contributed by atoms with Crippen molar-refractivity contribution in [2.75, 3.05) is 0 Å². The molecule has 0 aliphatic heterocycles. The molecule has 2 unspecified atom stereocenters. The highest BCUT2D eigenvalue weighted by molar-refractivity contribution is 9.10. The lowest BCUT2D eigenvalue weighted by Crippen LogP contribution is -2.10. The standard InChI is InChI=1S/C12H13Br2NO2/c13-11-3-1-2-8(11)6-9-4-5-10(15(16)17)7-12(9)14/h4-5,7-8,11H,1-3,6H2. The van der Waals surface area contributed by atoms with Gasteiger partial charge in [-0.2, -0.15) is 0 Å². The number of alkyl halides is 1. The maximum atomic E-state index is 10.6. The van der Waals surface area contributed by atoms with Gasteiger partial charge in [-0.25, -0.2) is 0 Å².